The van der Waals surface area contributed by atoms with Crippen LogP contribution in [0.25, 0.3) is 0 Å². The number of hydrogen-bond acceptors (Lipinski definition) is 3. The Bertz CT molecular complexity index is 382. The molecule has 1 heterocycles. The van der Waals surface area contributed by atoms with Gasteiger partial charge in [0.2, 0.25) is 0 Å². The van der Waals surface area contributed by atoms with E-state index < -0.39 is 0 Å². The molecular weight excluding hydrogens is 238 g/mol. The number of hydrogen-bond donors (Lipinski definition) is 0. The minimum absolute atomic E-state index is 0.226. The Morgan fingerprint density at radius 3 is 2.32 bits per heavy atom. The molecule has 110 valence electrons. The van der Waals surface area contributed by atoms with Crippen molar-refractivity contribution in [2.75, 3.05) is 0 Å². The zero-order valence-corrected chi connectivity index (χ0v) is 13.5. The Labute approximate surface area is 117 Å². The fraction of sp³-hybridized carbons (Fsp3) is 0.867. The fourth-order valence-corrected chi connectivity index (χ4v) is 2.34. The van der Waals surface area contributed by atoms with Gasteiger partial charge in [0, 0.05) is 6.20 Å². The molecule has 0 amide bonds. The van der Waals surface area contributed by atoms with Gasteiger partial charge >= 0.3 is 0 Å². The van der Waals surface area contributed by atoms with Crippen molar-refractivity contribution in [3.05, 3.63) is 11.9 Å². The fourth-order valence-electron chi connectivity index (χ4n) is 2.34. The molecule has 0 N–H and O–H groups in total. The van der Waals surface area contributed by atoms with Crippen molar-refractivity contribution in [2.45, 2.75) is 79.1 Å². The highest BCUT2D eigenvalue weighted by Gasteiger charge is 2.23. The van der Waals surface area contributed by atoms with Crippen molar-refractivity contribution in [3.8, 4) is 0 Å². The summed E-state index contributed by atoms with van der Waals surface area (Å²) in [7, 11) is 0. The van der Waals surface area contributed by atoms with Crippen molar-refractivity contribution in [1.82, 2.24) is 15.0 Å². The summed E-state index contributed by atoms with van der Waals surface area (Å²) in [5, 5.41) is 8.36. The van der Waals surface area contributed by atoms with E-state index in [2.05, 4.69) is 58.8 Å². The summed E-state index contributed by atoms with van der Waals surface area (Å²) in [6.07, 6.45) is 3.36. The molecule has 4 nitrogen and oxygen atoms in total. The molecule has 0 aromatic carbocycles. The predicted octanol–water partition coefficient (Wildman–Crippen LogP) is 3.63. The molecule has 0 radical (unpaired) electrons. The summed E-state index contributed by atoms with van der Waals surface area (Å²) in [6.45, 7) is 15.8. The highest BCUT2D eigenvalue weighted by atomic mass is 16.5. The van der Waals surface area contributed by atoms with E-state index >= 15 is 0 Å². The van der Waals surface area contributed by atoms with Gasteiger partial charge in [-0.25, -0.2) is 4.68 Å². The molecule has 0 bridgehead atoms. The SMILES string of the molecule is CC(C)CC(C)OC(C)(C)Cn1cc(C(C)C)nn1. The maximum atomic E-state index is 6.13. The molecule has 1 unspecified atom stereocenters. The summed E-state index contributed by atoms with van der Waals surface area (Å²) in [4.78, 5) is 0. The van der Waals surface area contributed by atoms with Crippen LogP contribution in [0.5, 0.6) is 0 Å². The molecule has 0 fully saturated rings. The Kier molecular flexibility index (Phi) is 5.53. The minimum Gasteiger partial charge on any atom is -0.371 e. The summed E-state index contributed by atoms with van der Waals surface area (Å²) in [5.74, 6) is 1.07. The summed E-state index contributed by atoms with van der Waals surface area (Å²) >= 11 is 0. The van der Waals surface area contributed by atoms with Crippen LogP contribution in [0.2, 0.25) is 0 Å². The van der Waals surface area contributed by atoms with Crippen molar-refractivity contribution >= 4 is 0 Å². The molecule has 0 aliphatic heterocycles. The first-order valence-electron chi connectivity index (χ1n) is 7.27. The van der Waals surface area contributed by atoms with Gasteiger partial charge in [-0.05, 0) is 39.0 Å². The third-order valence-electron chi connectivity index (χ3n) is 3.01. The van der Waals surface area contributed by atoms with Crippen molar-refractivity contribution in [3.63, 3.8) is 0 Å². The van der Waals surface area contributed by atoms with Gasteiger partial charge in [0.05, 0.1) is 23.9 Å². The van der Waals surface area contributed by atoms with E-state index in [9.17, 15) is 0 Å². The molecule has 1 aromatic rings. The van der Waals surface area contributed by atoms with Gasteiger partial charge in [-0.2, -0.15) is 0 Å². The van der Waals surface area contributed by atoms with Gasteiger partial charge in [-0.1, -0.05) is 32.9 Å². The van der Waals surface area contributed by atoms with Crippen molar-refractivity contribution in [1.29, 1.82) is 0 Å². The largest absolute Gasteiger partial charge is 0.371 e. The van der Waals surface area contributed by atoms with Gasteiger partial charge < -0.3 is 4.74 Å². The van der Waals surface area contributed by atoms with Crippen LogP contribution in [0, 0.1) is 5.92 Å². The van der Waals surface area contributed by atoms with E-state index in [4.69, 9.17) is 4.74 Å². The lowest BCUT2D eigenvalue weighted by Crippen LogP contribution is -2.34. The molecule has 4 heteroatoms. The molecule has 0 saturated carbocycles. The van der Waals surface area contributed by atoms with Gasteiger partial charge in [-0.3, -0.25) is 0 Å². The topological polar surface area (TPSA) is 39.9 Å². The molecule has 1 aromatic heterocycles. The highest BCUT2D eigenvalue weighted by molar-refractivity contribution is 4.98. The first-order valence-corrected chi connectivity index (χ1v) is 7.27. The Morgan fingerprint density at radius 2 is 1.84 bits per heavy atom. The van der Waals surface area contributed by atoms with E-state index in [1.54, 1.807) is 0 Å². The zero-order chi connectivity index (χ0) is 14.6. The van der Waals surface area contributed by atoms with Crippen LogP contribution in [-0.2, 0) is 11.3 Å². The standard InChI is InChI=1S/C15H29N3O/c1-11(2)8-13(5)19-15(6,7)10-18-9-14(12(3)4)16-17-18/h9,11-13H,8,10H2,1-7H3. The second-order valence-electron chi connectivity index (χ2n) is 6.81. The summed E-state index contributed by atoms with van der Waals surface area (Å²) in [5.41, 5.74) is 0.807. The van der Waals surface area contributed by atoms with Crippen LogP contribution in [0.3, 0.4) is 0 Å². The van der Waals surface area contributed by atoms with Crippen molar-refractivity contribution in [2.24, 2.45) is 5.92 Å². The average Bonchev–Trinajstić information content (AvgIpc) is 2.62. The average molecular weight is 267 g/mol. The van der Waals surface area contributed by atoms with Gasteiger partial charge in [0.1, 0.15) is 0 Å². The Balaban J connectivity index is 2.57. The molecule has 0 spiro atoms. The summed E-state index contributed by atoms with van der Waals surface area (Å²) < 4.78 is 8.02. The monoisotopic (exact) mass is 267 g/mol. The normalized spacial score (nSPS) is 14.4. The maximum Gasteiger partial charge on any atom is 0.0852 e. The number of aromatic nitrogens is 3. The van der Waals surface area contributed by atoms with Crippen LogP contribution in [0.15, 0.2) is 6.20 Å². The van der Waals surface area contributed by atoms with E-state index in [0.717, 1.165) is 18.7 Å². The molecule has 0 aliphatic carbocycles. The van der Waals surface area contributed by atoms with E-state index in [0.29, 0.717) is 11.8 Å². The first kappa shape index (κ1) is 16.2. The second kappa shape index (κ2) is 6.51. The molecule has 0 saturated heterocycles. The van der Waals surface area contributed by atoms with Crippen LogP contribution >= 0.6 is 0 Å². The number of rotatable bonds is 7. The third kappa shape index (κ3) is 5.72. The third-order valence-corrected chi connectivity index (χ3v) is 3.01. The molecule has 0 aliphatic rings. The zero-order valence-electron chi connectivity index (χ0n) is 13.5. The molecule has 19 heavy (non-hydrogen) atoms. The molecule has 1 rings (SSSR count). The van der Waals surface area contributed by atoms with E-state index in [1.165, 1.54) is 0 Å². The smallest absolute Gasteiger partial charge is 0.0852 e. The number of nitrogens with zero attached hydrogens (tertiary/aromatic N) is 3. The lowest BCUT2D eigenvalue weighted by atomic mass is 10.1. The second-order valence-corrected chi connectivity index (χ2v) is 6.81. The van der Waals surface area contributed by atoms with Gasteiger partial charge in [0.25, 0.3) is 0 Å². The quantitative estimate of drug-likeness (QED) is 0.757. The highest BCUT2D eigenvalue weighted by Crippen LogP contribution is 2.19. The van der Waals surface area contributed by atoms with Crippen LogP contribution < -0.4 is 0 Å². The van der Waals surface area contributed by atoms with Crippen LogP contribution in [0.4, 0.5) is 0 Å². The van der Waals surface area contributed by atoms with Crippen LogP contribution in [0.1, 0.15) is 66.5 Å². The lowest BCUT2D eigenvalue weighted by molar-refractivity contribution is -0.0811. The number of ether oxygens (including phenoxy) is 1. The Morgan fingerprint density at radius 1 is 1.21 bits per heavy atom. The van der Waals surface area contributed by atoms with Gasteiger partial charge in [-0.15, -0.1) is 5.10 Å². The Hall–Kier alpha value is -0.900. The van der Waals surface area contributed by atoms with Crippen molar-refractivity contribution < 1.29 is 4.74 Å². The summed E-state index contributed by atoms with van der Waals surface area (Å²) in [6, 6.07) is 0. The van der Waals surface area contributed by atoms with E-state index in [-0.39, 0.29) is 11.7 Å². The predicted molar refractivity (Wildman–Crippen MR) is 78.2 cm³/mol. The van der Waals surface area contributed by atoms with Crippen LogP contribution in [-0.4, -0.2) is 26.7 Å². The maximum absolute atomic E-state index is 6.13. The van der Waals surface area contributed by atoms with Gasteiger partial charge in [0.15, 0.2) is 0 Å². The van der Waals surface area contributed by atoms with E-state index in [1.807, 2.05) is 10.9 Å². The molecule has 1 atom stereocenters. The first-order chi connectivity index (χ1) is 8.69. The molecular formula is C15H29N3O. The minimum atomic E-state index is -0.226. The lowest BCUT2D eigenvalue weighted by Gasteiger charge is -2.29.